The minimum atomic E-state index is -4.65. The number of halogens is 4. The Hall–Kier alpha value is -3.76. The van der Waals surface area contributed by atoms with Crippen LogP contribution in [0.4, 0.5) is 19.0 Å². The second-order valence-electron chi connectivity index (χ2n) is 12.7. The van der Waals surface area contributed by atoms with Crippen molar-refractivity contribution in [3.63, 3.8) is 0 Å². The summed E-state index contributed by atoms with van der Waals surface area (Å²) in [5.74, 6) is 5.79. The molecule has 1 aliphatic carbocycles. The number of hydrazine groups is 1. The van der Waals surface area contributed by atoms with Gasteiger partial charge >= 0.3 is 19.9 Å². The van der Waals surface area contributed by atoms with Gasteiger partial charge in [0, 0.05) is 29.7 Å². The molecular weight excluding hydrogens is 716 g/mol. The smallest absolute Gasteiger partial charge is 0.459 e. The zero-order chi connectivity index (χ0) is 36.6. The number of hydrogen-bond acceptors (Lipinski definition) is 11. The molecule has 0 radical (unpaired) electrons. The van der Waals surface area contributed by atoms with E-state index < -0.39 is 55.5 Å². The number of aliphatic hydroxyl groups is 1. The lowest BCUT2D eigenvalue weighted by Crippen LogP contribution is -2.57. The maximum absolute atomic E-state index is 14.5. The highest BCUT2D eigenvalue weighted by molar-refractivity contribution is 7.52. The molecule has 3 heterocycles. The van der Waals surface area contributed by atoms with E-state index in [1.807, 2.05) is 6.92 Å². The molecule has 3 unspecified atom stereocenters. The Kier molecular flexibility index (Phi) is 10.4. The second-order valence-corrected chi connectivity index (χ2v) is 14.8. The van der Waals surface area contributed by atoms with Gasteiger partial charge in [-0.2, -0.15) is 18.3 Å². The zero-order valence-corrected chi connectivity index (χ0v) is 29.3. The van der Waals surface area contributed by atoms with E-state index in [4.69, 9.17) is 36.0 Å². The van der Waals surface area contributed by atoms with Gasteiger partial charge in [0.2, 0.25) is 0 Å². The van der Waals surface area contributed by atoms with Gasteiger partial charge in [-0.3, -0.25) is 14.3 Å². The molecule has 0 spiro atoms. The number of carbonyl (C=O) groups excluding carboxylic acids is 1. The van der Waals surface area contributed by atoms with Crippen LogP contribution in [0, 0.1) is 0 Å². The minimum absolute atomic E-state index is 0.0556. The number of fused-ring (bicyclic) bond motifs is 1. The van der Waals surface area contributed by atoms with Crippen molar-refractivity contribution in [1.29, 1.82) is 0 Å². The van der Waals surface area contributed by atoms with Crippen LogP contribution in [0.1, 0.15) is 56.9 Å². The number of benzene rings is 2. The Labute approximate surface area is 296 Å². The van der Waals surface area contributed by atoms with E-state index in [1.54, 1.807) is 23.8 Å². The van der Waals surface area contributed by atoms with Crippen LogP contribution in [0.15, 0.2) is 67.1 Å². The van der Waals surface area contributed by atoms with Gasteiger partial charge in [0.25, 0.3) is 0 Å². The van der Waals surface area contributed by atoms with Crippen molar-refractivity contribution in [3.05, 3.63) is 83.3 Å². The number of alkyl halides is 3. The molecule has 1 saturated carbocycles. The third kappa shape index (κ3) is 7.87. The molecule has 2 fully saturated rings. The number of anilines is 1. The minimum Gasteiger partial charge on any atom is -0.459 e. The van der Waals surface area contributed by atoms with Gasteiger partial charge in [0.1, 0.15) is 35.5 Å². The first kappa shape index (κ1) is 37.0. The molecule has 4 atom stereocenters. The monoisotopic (exact) mass is 752 g/mol. The van der Waals surface area contributed by atoms with E-state index >= 15 is 0 Å². The van der Waals surface area contributed by atoms with Gasteiger partial charge in [-0.15, -0.1) is 0 Å². The standard InChI is InChI=1S/C33H37ClF3N6O7P/c1-3-43(38)28-25-13-16-42(27(25)39-20-40-28)29-31(2,45)17-24(49-29)19-48-51(46,50-23-11-9-22(34)10-12-23)41-32(14-6-15-32)30(44)47-18-21-7-4-5-8-26(21)33(35,36)37/h4-5,7-13,16,20,24,29,45H,3,6,14-15,17-19,38H2,1-2H3,(H,41,46)/t24?,29?,31-,51?/m1/s1. The molecule has 0 amide bonds. The normalized spacial score (nSPS) is 22.7. The fraction of sp³-hybridized carbons (Fsp3) is 0.424. The molecule has 1 aliphatic heterocycles. The van der Waals surface area contributed by atoms with E-state index in [0.29, 0.717) is 34.8 Å². The summed E-state index contributed by atoms with van der Waals surface area (Å²) in [5.41, 5.74) is -3.69. The van der Waals surface area contributed by atoms with Crippen molar-refractivity contribution in [2.45, 2.75) is 75.8 Å². The molecule has 6 rings (SSSR count). The summed E-state index contributed by atoms with van der Waals surface area (Å²) in [4.78, 5) is 22.1. The molecule has 1 saturated heterocycles. The molecule has 274 valence electrons. The van der Waals surface area contributed by atoms with Gasteiger partial charge in [-0.25, -0.2) is 20.4 Å². The highest BCUT2D eigenvalue weighted by Gasteiger charge is 2.53. The first-order valence-electron chi connectivity index (χ1n) is 16.2. The lowest BCUT2D eigenvalue weighted by Gasteiger charge is -2.41. The van der Waals surface area contributed by atoms with E-state index in [-0.39, 0.29) is 37.2 Å². The van der Waals surface area contributed by atoms with Crippen molar-refractivity contribution in [2.24, 2.45) is 5.84 Å². The summed E-state index contributed by atoms with van der Waals surface area (Å²) in [5, 5.41) is 16.7. The molecule has 4 N–H and O–H groups in total. The van der Waals surface area contributed by atoms with E-state index in [1.165, 1.54) is 53.8 Å². The topological polar surface area (TPSA) is 163 Å². The number of carbonyl (C=O) groups is 1. The lowest BCUT2D eigenvalue weighted by atomic mass is 9.78. The fourth-order valence-corrected chi connectivity index (χ4v) is 8.07. The summed E-state index contributed by atoms with van der Waals surface area (Å²) in [6.07, 6.45) is -2.43. The molecule has 18 heteroatoms. The maximum atomic E-state index is 14.5. The summed E-state index contributed by atoms with van der Waals surface area (Å²) in [7, 11) is -4.45. The molecule has 0 bridgehead atoms. The SMILES string of the molecule is CCN(N)c1ncnc2c1ccn2C1OC(COP(=O)(NC2(C(=O)OCc3ccccc3C(F)(F)F)CCC2)Oc2ccc(Cl)cc2)C[C@@]1(C)O. The Morgan fingerprint density at radius 3 is 2.59 bits per heavy atom. The van der Waals surface area contributed by atoms with Crippen molar-refractivity contribution in [1.82, 2.24) is 19.6 Å². The number of ether oxygens (including phenoxy) is 2. The van der Waals surface area contributed by atoms with Crippen LogP contribution < -0.4 is 20.5 Å². The molecule has 13 nitrogen and oxygen atoms in total. The summed E-state index contributed by atoms with van der Waals surface area (Å²) in [6, 6.07) is 12.5. The van der Waals surface area contributed by atoms with Crippen LogP contribution in [0.3, 0.4) is 0 Å². The van der Waals surface area contributed by atoms with E-state index in [2.05, 4.69) is 15.1 Å². The first-order chi connectivity index (χ1) is 24.1. The third-order valence-corrected chi connectivity index (χ3v) is 10.8. The summed E-state index contributed by atoms with van der Waals surface area (Å²) < 4.78 is 80.2. The number of esters is 1. The van der Waals surface area contributed by atoms with Crippen LogP contribution >= 0.6 is 19.3 Å². The largest absolute Gasteiger partial charge is 0.459 e. The number of aromatic nitrogens is 3. The predicted molar refractivity (Wildman–Crippen MR) is 180 cm³/mol. The number of nitrogens with zero attached hydrogens (tertiary/aromatic N) is 4. The van der Waals surface area contributed by atoms with Gasteiger partial charge in [-0.1, -0.05) is 29.8 Å². The molecule has 4 aromatic rings. The lowest BCUT2D eigenvalue weighted by molar-refractivity contribution is -0.157. The van der Waals surface area contributed by atoms with Crippen LogP contribution in [0.5, 0.6) is 5.75 Å². The van der Waals surface area contributed by atoms with Gasteiger partial charge in [0.15, 0.2) is 12.0 Å². The predicted octanol–water partition coefficient (Wildman–Crippen LogP) is 6.30. The molecule has 2 aliphatic rings. The molecule has 2 aromatic carbocycles. The van der Waals surface area contributed by atoms with Crippen LogP contribution in [-0.2, 0) is 36.1 Å². The number of rotatable bonds is 13. The molecule has 51 heavy (non-hydrogen) atoms. The highest BCUT2D eigenvalue weighted by atomic mass is 35.5. The van der Waals surface area contributed by atoms with Gasteiger partial charge in [-0.05, 0) is 69.5 Å². The second kappa shape index (κ2) is 14.3. The Balaban J connectivity index is 1.20. The van der Waals surface area contributed by atoms with Crippen LogP contribution in [0.25, 0.3) is 11.0 Å². The van der Waals surface area contributed by atoms with Crippen LogP contribution in [-0.4, -0.2) is 56.0 Å². The van der Waals surface area contributed by atoms with Crippen molar-refractivity contribution < 1.29 is 46.2 Å². The Morgan fingerprint density at radius 1 is 1.20 bits per heavy atom. The van der Waals surface area contributed by atoms with Crippen molar-refractivity contribution in [2.75, 3.05) is 18.2 Å². The quantitative estimate of drug-likeness (QED) is 0.0606. The molecule has 2 aromatic heterocycles. The zero-order valence-electron chi connectivity index (χ0n) is 27.7. The summed E-state index contributed by atoms with van der Waals surface area (Å²) in [6.45, 7) is 2.95. The van der Waals surface area contributed by atoms with E-state index in [9.17, 15) is 27.6 Å². The third-order valence-electron chi connectivity index (χ3n) is 8.95. The molecular formula is C33H37ClF3N6O7P. The number of nitrogens with two attached hydrogens (primary N) is 1. The Morgan fingerprint density at radius 2 is 1.92 bits per heavy atom. The maximum Gasteiger partial charge on any atom is 0.459 e. The summed E-state index contributed by atoms with van der Waals surface area (Å²) >= 11 is 6.02. The first-order valence-corrected chi connectivity index (χ1v) is 18.1. The van der Waals surface area contributed by atoms with Crippen molar-refractivity contribution in [3.8, 4) is 5.75 Å². The van der Waals surface area contributed by atoms with Crippen LogP contribution in [0.2, 0.25) is 5.02 Å². The average molecular weight is 753 g/mol. The van der Waals surface area contributed by atoms with Gasteiger partial charge < -0.3 is 23.7 Å². The van der Waals surface area contributed by atoms with E-state index in [0.717, 1.165) is 6.07 Å². The highest BCUT2D eigenvalue weighted by Crippen LogP contribution is 2.52. The number of nitrogens with one attached hydrogen (secondary N) is 1. The number of hydrogen-bond donors (Lipinski definition) is 3. The fourth-order valence-electron chi connectivity index (χ4n) is 6.18. The average Bonchev–Trinajstić information content (AvgIpc) is 3.64. The van der Waals surface area contributed by atoms with Gasteiger partial charge in [0.05, 0.1) is 23.7 Å². The Bertz CT molecular complexity index is 1920. The van der Waals surface area contributed by atoms with Crippen molar-refractivity contribution >= 4 is 42.2 Å².